The van der Waals surface area contributed by atoms with Crippen molar-refractivity contribution in [3.8, 4) is 0 Å². The van der Waals surface area contributed by atoms with Crippen LogP contribution in [-0.2, 0) is 41.6 Å². The lowest BCUT2D eigenvalue weighted by atomic mass is 9.90. The van der Waals surface area contributed by atoms with E-state index < -0.39 is 42.0 Å². The maximum absolute atomic E-state index is 13.8. The van der Waals surface area contributed by atoms with Crippen LogP contribution in [0.15, 0.2) is 60.7 Å². The van der Waals surface area contributed by atoms with Crippen LogP contribution in [0.25, 0.3) is 0 Å². The number of nitrogens with zero attached hydrogens (tertiary/aromatic N) is 1. The number of hydrogen-bond donors (Lipinski definition) is 2. The number of amides is 3. The summed E-state index contributed by atoms with van der Waals surface area (Å²) >= 11 is 0. The third-order valence-corrected chi connectivity index (χ3v) is 7.68. The van der Waals surface area contributed by atoms with E-state index in [1.165, 1.54) is 0 Å². The van der Waals surface area contributed by atoms with Gasteiger partial charge in [-0.15, -0.1) is 0 Å². The maximum Gasteiger partial charge on any atom is 0.246 e. The lowest BCUT2D eigenvalue weighted by Gasteiger charge is -2.32. The number of fused-ring (bicyclic) bond motifs is 1. The van der Waals surface area contributed by atoms with Gasteiger partial charge in [0.2, 0.25) is 17.7 Å². The summed E-state index contributed by atoms with van der Waals surface area (Å²) in [5.74, 6) is -2.74. The van der Waals surface area contributed by atoms with Gasteiger partial charge in [0.15, 0.2) is 11.6 Å². The summed E-state index contributed by atoms with van der Waals surface area (Å²) in [6.07, 6.45) is 0.713. The van der Waals surface area contributed by atoms with E-state index in [4.69, 9.17) is 4.74 Å². The molecule has 5 rings (SSSR count). The molecule has 2 aromatic rings. The van der Waals surface area contributed by atoms with Gasteiger partial charge < -0.3 is 20.3 Å². The first-order valence-corrected chi connectivity index (χ1v) is 13.5. The van der Waals surface area contributed by atoms with E-state index in [1.54, 1.807) is 4.90 Å². The number of carbonyl (C=O) groups is 5. The van der Waals surface area contributed by atoms with Crippen molar-refractivity contribution in [2.45, 2.75) is 62.8 Å². The van der Waals surface area contributed by atoms with E-state index >= 15 is 0 Å². The molecule has 3 fully saturated rings. The van der Waals surface area contributed by atoms with Crippen molar-refractivity contribution in [2.24, 2.45) is 5.92 Å². The molecule has 204 valence electrons. The summed E-state index contributed by atoms with van der Waals surface area (Å²) in [5, 5.41) is 5.70. The predicted molar refractivity (Wildman–Crippen MR) is 141 cm³/mol. The minimum absolute atomic E-state index is 0.154. The van der Waals surface area contributed by atoms with Gasteiger partial charge in [-0.25, -0.2) is 0 Å². The van der Waals surface area contributed by atoms with Crippen molar-refractivity contribution >= 4 is 29.3 Å². The van der Waals surface area contributed by atoms with E-state index in [2.05, 4.69) is 10.6 Å². The number of epoxide rings is 1. The van der Waals surface area contributed by atoms with Gasteiger partial charge in [0.05, 0.1) is 18.6 Å². The van der Waals surface area contributed by atoms with E-state index in [0.29, 0.717) is 26.0 Å². The quantitative estimate of drug-likeness (QED) is 0.520. The van der Waals surface area contributed by atoms with Gasteiger partial charge in [0, 0.05) is 32.2 Å². The fourth-order valence-electron chi connectivity index (χ4n) is 5.48. The van der Waals surface area contributed by atoms with Crippen molar-refractivity contribution < 1.29 is 28.7 Å². The second-order valence-electron chi connectivity index (χ2n) is 10.6. The summed E-state index contributed by atoms with van der Waals surface area (Å²) in [6, 6.07) is 16.1. The number of Topliss-reactive ketones (excluding diaryl/α,β-unsaturated/α-hetero) is 2. The summed E-state index contributed by atoms with van der Waals surface area (Å²) < 4.78 is 5.09. The minimum Gasteiger partial charge on any atom is -0.365 e. The monoisotopic (exact) mass is 531 g/mol. The number of ether oxygens (including phenoxy) is 1. The molecule has 3 heterocycles. The highest BCUT2D eigenvalue weighted by atomic mass is 16.6. The SMILES string of the molecule is O=C1N[C@@H](Cc2ccccc2)C(=O)N[C@@H](Cc2ccccc2)C(=O)N2CCC[C@@H]2C(=O)C[C@H]1CC(=O)[C@@H]1CO1. The van der Waals surface area contributed by atoms with Crippen LogP contribution in [0, 0.1) is 5.92 Å². The Bertz CT molecular complexity index is 1230. The predicted octanol–water partition coefficient (Wildman–Crippen LogP) is 1.38. The second-order valence-corrected chi connectivity index (χ2v) is 10.6. The molecule has 39 heavy (non-hydrogen) atoms. The van der Waals surface area contributed by atoms with Gasteiger partial charge in [-0.3, -0.25) is 24.0 Å². The van der Waals surface area contributed by atoms with Gasteiger partial charge in [0.1, 0.15) is 18.2 Å². The third kappa shape index (κ3) is 6.60. The maximum atomic E-state index is 13.8. The topological polar surface area (TPSA) is 125 Å². The Morgan fingerprint density at radius 2 is 1.44 bits per heavy atom. The second kappa shape index (κ2) is 11.9. The van der Waals surface area contributed by atoms with Crippen LogP contribution in [0.3, 0.4) is 0 Å². The Hall–Kier alpha value is -3.85. The fourth-order valence-corrected chi connectivity index (χ4v) is 5.48. The molecule has 2 N–H and O–H groups in total. The molecule has 0 saturated carbocycles. The molecule has 3 aliphatic rings. The molecule has 0 aromatic heterocycles. The Balaban J connectivity index is 1.47. The number of hydrogen-bond acceptors (Lipinski definition) is 6. The van der Waals surface area contributed by atoms with Gasteiger partial charge in [-0.05, 0) is 24.0 Å². The Morgan fingerprint density at radius 3 is 2.05 bits per heavy atom. The number of benzene rings is 2. The molecule has 0 unspecified atom stereocenters. The average Bonchev–Trinajstić information content (AvgIpc) is 3.68. The van der Waals surface area contributed by atoms with Gasteiger partial charge >= 0.3 is 0 Å². The van der Waals surface area contributed by atoms with Crippen LogP contribution in [0.4, 0.5) is 0 Å². The molecule has 3 aliphatic heterocycles. The summed E-state index contributed by atoms with van der Waals surface area (Å²) in [6.45, 7) is 0.712. The van der Waals surface area contributed by atoms with Crippen LogP contribution in [-0.4, -0.2) is 71.6 Å². The third-order valence-electron chi connectivity index (χ3n) is 7.68. The van der Waals surface area contributed by atoms with Gasteiger partial charge in [-0.1, -0.05) is 60.7 Å². The Labute approximate surface area is 227 Å². The van der Waals surface area contributed by atoms with Crippen molar-refractivity contribution in [3.63, 3.8) is 0 Å². The summed E-state index contributed by atoms with van der Waals surface area (Å²) in [7, 11) is 0. The molecule has 0 aliphatic carbocycles. The van der Waals surface area contributed by atoms with Crippen LogP contribution < -0.4 is 10.6 Å². The van der Waals surface area contributed by atoms with E-state index in [-0.39, 0.29) is 43.2 Å². The first kappa shape index (κ1) is 26.7. The Morgan fingerprint density at radius 1 is 0.846 bits per heavy atom. The van der Waals surface area contributed by atoms with E-state index in [1.807, 2.05) is 60.7 Å². The standard InChI is InChI=1S/C30H33N3O6/c34-25-16-21(17-26(35)27-18-39-27)28(36)31-22(14-19-8-3-1-4-9-19)29(37)32-23(15-20-10-5-2-6-11-20)30(38)33-13-7-12-24(25)33/h1-6,8-11,21-24,27H,7,12-18H2,(H,31,36)(H,32,37)/t21-,22-,23-,24+,27-/m0/s1. The molecule has 0 bridgehead atoms. The average molecular weight is 532 g/mol. The number of carbonyl (C=O) groups excluding carboxylic acids is 5. The van der Waals surface area contributed by atoms with Crippen LogP contribution in [0.1, 0.15) is 36.8 Å². The lowest BCUT2D eigenvalue weighted by Crippen LogP contribution is -2.58. The van der Waals surface area contributed by atoms with Gasteiger partial charge in [0.25, 0.3) is 0 Å². The normalized spacial score (nSPS) is 27.6. The lowest BCUT2D eigenvalue weighted by molar-refractivity contribution is -0.143. The zero-order valence-electron chi connectivity index (χ0n) is 21.7. The molecule has 5 atom stereocenters. The first-order chi connectivity index (χ1) is 18.9. The molecule has 9 nitrogen and oxygen atoms in total. The summed E-state index contributed by atoms with van der Waals surface area (Å²) in [5.41, 5.74) is 1.69. The van der Waals surface area contributed by atoms with Crippen molar-refractivity contribution in [1.29, 1.82) is 0 Å². The number of nitrogens with one attached hydrogen (secondary N) is 2. The smallest absolute Gasteiger partial charge is 0.246 e. The number of rotatable bonds is 7. The van der Waals surface area contributed by atoms with Crippen LogP contribution in [0.2, 0.25) is 0 Å². The highest BCUT2D eigenvalue weighted by molar-refractivity contribution is 5.99. The molecule has 3 amide bonds. The zero-order chi connectivity index (χ0) is 27.4. The Kier molecular flexibility index (Phi) is 8.16. The van der Waals surface area contributed by atoms with Crippen LogP contribution >= 0.6 is 0 Å². The molecule has 2 aromatic carbocycles. The largest absolute Gasteiger partial charge is 0.365 e. The summed E-state index contributed by atoms with van der Waals surface area (Å²) in [4.78, 5) is 68.6. The van der Waals surface area contributed by atoms with Crippen molar-refractivity contribution in [3.05, 3.63) is 71.8 Å². The van der Waals surface area contributed by atoms with Gasteiger partial charge in [-0.2, -0.15) is 0 Å². The molecular formula is C30H33N3O6. The molecular weight excluding hydrogens is 498 g/mol. The number of ketones is 2. The highest BCUT2D eigenvalue weighted by Crippen LogP contribution is 2.26. The minimum atomic E-state index is -0.996. The molecule has 0 spiro atoms. The molecule has 3 saturated heterocycles. The molecule has 0 radical (unpaired) electrons. The van der Waals surface area contributed by atoms with E-state index in [0.717, 1.165) is 11.1 Å². The van der Waals surface area contributed by atoms with E-state index in [9.17, 15) is 24.0 Å². The zero-order valence-corrected chi connectivity index (χ0v) is 21.7. The first-order valence-electron chi connectivity index (χ1n) is 13.5. The van der Waals surface area contributed by atoms with Crippen LogP contribution in [0.5, 0.6) is 0 Å². The van der Waals surface area contributed by atoms with Crippen molar-refractivity contribution in [1.82, 2.24) is 15.5 Å². The highest BCUT2D eigenvalue weighted by Gasteiger charge is 2.42. The molecule has 9 heteroatoms. The van der Waals surface area contributed by atoms with Crippen molar-refractivity contribution in [2.75, 3.05) is 13.2 Å². The fraction of sp³-hybridized carbons (Fsp3) is 0.433.